The first-order chi connectivity index (χ1) is 17.8. The van der Waals surface area contributed by atoms with E-state index < -0.39 is 17.2 Å². The molecule has 1 aliphatic rings. The van der Waals surface area contributed by atoms with Crippen LogP contribution in [0.25, 0.3) is 11.0 Å². The fourth-order valence-electron chi connectivity index (χ4n) is 4.30. The highest BCUT2D eigenvalue weighted by Crippen LogP contribution is 2.27. The number of carbonyl (C=O) groups is 1. The molecule has 190 valence electrons. The van der Waals surface area contributed by atoms with Gasteiger partial charge in [-0.1, -0.05) is 6.58 Å². The summed E-state index contributed by atoms with van der Waals surface area (Å²) in [6.45, 7) is 4.76. The van der Waals surface area contributed by atoms with E-state index in [1.807, 2.05) is 0 Å². The number of ether oxygens (including phenoxy) is 1. The Morgan fingerprint density at radius 1 is 1.27 bits per heavy atom. The summed E-state index contributed by atoms with van der Waals surface area (Å²) in [5.41, 5.74) is 0.458. The lowest BCUT2D eigenvalue weighted by Crippen LogP contribution is -2.30. The van der Waals surface area contributed by atoms with Crippen molar-refractivity contribution in [2.24, 2.45) is 13.0 Å². The number of fused-ring (bicyclic) bond motifs is 1. The van der Waals surface area contributed by atoms with E-state index in [4.69, 9.17) is 4.74 Å². The topological polar surface area (TPSA) is 107 Å². The van der Waals surface area contributed by atoms with Gasteiger partial charge in [-0.15, -0.1) is 0 Å². The van der Waals surface area contributed by atoms with Gasteiger partial charge in [-0.05, 0) is 36.6 Å². The minimum absolute atomic E-state index is 0.0349. The fraction of sp³-hybridized carbons (Fsp3) is 0.240. The highest BCUT2D eigenvalue weighted by molar-refractivity contribution is 5.87. The van der Waals surface area contributed by atoms with Gasteiger partial charge in [0, 0.05) is 50.5 Å². The number of nitrogens with one attached hydrogen (secondary N) is 1. The maximum atomic E-state index is 14.3. The first-order valence-electron chi connectivity index (χ1n) is 11.5. The zero-order valence-corrected chi connectivity index (χ0v) is 19.9. The number of pyridine rings is 1. The standard InChI is InChI=1S/C25H23F2N7O3/c1-3-22(35)33-7-6-15(12-33)13-34-23-16(10-28-25(31-23)30-18-11-29-32(2)14-18)8-21(24(34)36)37-20-5-4-17(26)9-19(20)27/h3-5,8-11,14-15H,1,6-7,12-13H2,2H3,(H,28,30,31). The lowest BCUT2D eigenvalue weighted by molar-refractivity contribution is -0.125. The summed E-state index contributed by atoms with van der Waals surface area (Å²) in [6.07, 6.45) is 6.82. The number of hydrogen-bond donors (Lipinski definition) is 1. The third kappa shape index (κ3) is 5.03. The van der Waals surface area contributed by atoms with E-state index >= 15 is 0 Å². The molecule has 1 fully saturated rings. The van der Waals surface area contributed by atoms with Crippen LogP contribution in [0.5, 0.6) is 11.5 Å². The van der Waals surface area contributed by atoms with E-state index in [-0.39, 0.29) is 35.8 Å². The second-order valence-corrected chi connectivity index (χ2v) is 8.74. The second-order valence-electron chi connectivity index (χ2n) is 8.74. The van der Waals surface area contributed by atoms with Crippen LogP contribution in [-0.4, -0.2) is 48.2 Å². The molecule has 1 aliphatic heterocycles. The molecule has 12 heteroatoms. The summed E-state index contributed by atoms with van der Waals surface area (Å²) in [5.74, 6) is -2.10. The number of halogens is 2. The molecule has 4 heterocycles. The Bertz CT molecular complexity index is 1570. The SMILES string of the molecule is C=CC(=O)N1CCC(Cn2c(=O)c(Oc3ccc(F)cc3F)cc3cnc(Nc4cnn(C)c4)nc32)C1. The monoisotopic (exact) mass is 507 g/mol. The number of nitrogens with zero attached hydrogens (tertiary/aromatic N) is 6. The number of hydrogen-bond acceptors (Lipinski definition) is 7. The largest absolute Gasteiger partial charge is 0.448 e. The van der Waals surface area contributed by atoms with Crippen molar-refractivity contribution in [3.05, 3.63) is 77.5 Å². The zero-order chi connectivity index (χ0) is 26.1. The molecule has 10 nitrogen and oxygen atoms in total. The lowest BCUT2D eigenvalue weighted by Gasteiger charge is -2.18. The molecule has 1 amide bonds. The molecule has 4 aromatic rings. The van der Waals surface area contributed by atoms with Crippen molar-refractivity contribution in [1.29, 1.82) is 0 Å². The van der Waals surface area contributed by atoms with Crippen LogP contribution in [0.1, 0.15) is 6.42 Å². The molecule has 0 aliphatic carbocycles. The summed E-state index contributed by atoms with van der Waals surface area (Å²) < 4.78 is 36.3. The van der Waals surface area contributed by atoms with Crippen molar-refractivity contribution in [2.75, 3.05) is 18.4 Å². The molecule has 1 N–H and O–H groups in total. The van der Waals surface area contributed by atoms with Gasteiger partial charge in [0.15, 0.2) is 17.3 Å². The van der Waals surface area contributed by atoms with Gasteiger partial charge in [0.25, 0.3) is 5.56 Å². The lowest BCUT2D eigenvalue weighted by atomic mass is 10.1. The fourth-order valence-corrected chi connectivity index (χ4v) is 4.30. The van der Waals surface area contributed by atoms with Crippen LogP contribution >= 0.6 is 0 Å². The third-order valence-electron chi connectivity index (χ3n) is 6.08. The van der Waals surface area contributed by atoms with E-state index in [1.165, 1.54) is 22.9 Å². The average molecular weight is 508 g/mol. The smallest absolute Gasteiger partial charge is 0.295 e. The van der Waals surface area contributed by atoms with Gasteiger partial charge >= 0.3 is 0 Å². The number of rotatable bonds is 7. The summed E-state index contributed by atoms with van der Waals surface area (Å²) in [7, 11) is 1.78. The molecule has 1 saturated heterocycles. The van der Waals surface area contributed by atoms with Crippen molar-refractivity contribution in [1.82, 2.24) is 29.2 Å². The molecule has 0 radical (unpaired) electrons. The Balaban J connectivity index is 1.54. The average Bonchev–Trinajstić information content (AvgIpc) is 3.51. The van der Waals surface area contributed by atoms with Gasteiger partial charge in [0.05, 0.1) is 11.9 Å². The molecular formula is C25H23F2N7O3. The van der Waals surface area contributed by atoms with E-state index in [9.17, 15) is 18.4 Å². The highest BCUT2D eigenvalue weighted by Gasteiger charge is 2.27. The Hall–Kier alpha value is -4.61. The van der Waals surface area contributed by atoms with Crippen molar-refractivity contribution < 1.29 is 18.3 Å². The van der Waals surface area contributed by atoms with Gasteiger partial charge in [-0.25, -0.2) is 13.8 Å². The number of benzene rings is 1. The highest BCUT2D eigenvalue weighted by atomic mass is 19.1. The number of anilines is 2. The number of carbonyl (C=O) groups excluding carboxylic acids is 1. The maximum Gasteiger partial charge on any atom is 0.295 e. The molecule has 1 unspecified atom stereocenters. The number of amides is 1. The van der Waals surface area contributed by atoms with Crippen LogP contribution in [-0.2, 0) is 18.4 Å². The van der Waals surface area contributed by atoms with Crippen LogP contribution in [0.3, 0.4) is 0 Å². The Labute approximate surface area is 209 Å². The quantitative estimate of drug-likeness (QED) is 0.382. The van der Waals surface area contributed by atoms with E-state index in [0.717, 1.165) is 12.1 Å². The molecule has 3 aromatic heterocycles. The van der Waals surface area contributed by atoms with Gasteiger partial charge in [0.2, 0.25) is 11.9 Å². The molecule has 0 saturated carbocycles. The van der Waals surface area contributed by atoms with Crippen LogP contribution in [0.15, 0.2) is 60.3 Å². The first-order valence-corrected chi connectivity index (χ1v) is 11.5. The Kier molecular flexibility index (Phi) is 6.38. The van der Waals surface area contributed by atoms with Crippen molar-refractivity contribution >= 4 is 28.6 Å². The Morgan fingerprint density at radius 3 is 2.84 bits per heavy atom. The normalized spacial score (nSPS) is 15.2. The van der Waals surface area contributed by atoms with Crippen LogP contribution in [0, 0.1) is 17.6 Å². The van der Waals surface area contributed by atoms with Gasteiger partial charge in [0.1, 0.15) is 11.5 Å². The van der Waals surface area contributed by atoms with Gasteiger partial charge in [-0.3, -0.25) is 18.8 Å². The minimum Gasteiger partial charge on any atom is -0.448 e. The summed E-state index contributed by atoms with van der Waals surface area (Å²) >= 11 is 0. The van der Waals surface area contributed by atoms with Crippen LogP contribution in [0.2, 0.25) is 0 Å². The predicted molar refractivity (Wildman–Crippen MR) is 132 cm³/mol. The molecule has 0 spiro atoms. The predicted octanol–water partition coefficient (Wildman–Crippen LogP) is 3.37. The van der Waals surface area contributed by atoms with Crippen molar-refractivity contribution in [2.45, 2.75) is 13.0 Å². The number of likely N-dealkylation sites (tertiary alicyclic amines) is 1. The van der Waals surface area contributed by atoms with Crippen LogP contribution in [0.4, 0.5) is 20.4 Å². The first kappa shape index (κ1) is 24.1. The van der Waals surface area contributed by atoms with E-state index in [1.54, 1.807) is 29.0 Å². The van der Waals surface area contributed by atoms with Crippen LogP contribution < -0.4 is 15.6 Å². The molecular weight excluding hydrogens is 484 g/mol. The van der Waals surface area contributed by atoms with Crippen molar-refractivity contribution in [3.8, 4) is 11.5 Å². The summed E-state index contributed by atoms with van der Waals surface area (Å²) in [4.78, 5) is 36.1. The molecule has 1 aromatic carbocycles. The second kappa shape index (κ2) is 9.80. The van der Waals surface area contributed by atoms with Gasteiger partial charge in [-0.2, -0.15) is 10.1 Å². The third-order valence-corrected chi connectivity index (χ3v) is 6.08. The van der Waals surface area contributed by atoms with Crippen molar-refractivity contribution in [3.63, 3.8) is 0 Å². The number of aromatic nitrogens is 5. The summed E-state index contributed by atoms with van der Waals surface area (Å²) in [6, 6.07) is 4.26. The Morgan fingerprint density at radius 2 is 2.11 bits per heavy atom. The molecule has 0 bridgehead atoms. The summed E-state index contributed by atoms with van der Waals surface area (Å²) in [5, 5.41) is 7.63. The molecule has 37 heavy (non-hydrogen) atoms. The molecule has 5 rings (SSSR count). The number of aryl methyl sites for hydroxylation is 1. The van der Waals surface area contributed by atoms with Gasteiger partial charge < -0.3 is 15.0 Å². The molecule has 1 atom stereocenters. The maximum absolute atomic E-state index is 14.3. The zero-order valence-electron chi connectivity index (χ0n) is 19.9. The minimum atomic E-state index is -0.937. The van der Waals surface area contributed by atoms with E-state index in [2.05, 4.69) is 27.0 Å². The van der Waals surface area contributed by atoms with E-state index in [0.29, 0.717) is 42.3 Å².